The minimum absolute atomic E-state index is 0.0661. The van der Waals surface area contributed by atoms with Crippen LogP contribution >= 0.6 is 15.9 Å². The summed E-state index contributed by atoms with van der Waals surface area (Å²) in [7, 11) is -3.44. The van der Waals surface area contributed by atoms with Gasteiger partial charge in [0.15, 0.2) is 0 Å². The molecule has 2 rings (SSSR count). The van der Waals surface area contributed by atoms with Gasteiger partial charge in [0.25, 0.3) is 0 Å². The van der Waals surface area contributed by atoms with Crippen LogP contribution in [0.1, 0.15) is 16.7 Å². The predicted octanol–water partition coefficient (Wildman–Crippen LogP) is 3.16. The van der Waals surface area contributed by atoms with E-state index in [1.807, 2.05) is 25.1 Å². The van der Waals surface area contributed by atoms with Gasteiger partial charge >= 0.3 is 0 Å². The summed E-state index contributed by atoms with van der Waals surface area (Å²) in [5.74, 6) is -0.0661. The van der Waals surface area contributed by atoms with Gasteiger partial charge in [0.2, 0.25) is 10.0 Å². The molecule has 6 heteroatoms. The molecule has 0 saturated carbocycles. The van der Waals surface area contributed by atoms with E-state index in [2.05, 4.69) is 20.7 Å². The van der Waals surface area contributed by atoms with E-state index in [4.69, 9.17) is 5.73 Å². The summed E-state index contributed by atoms with van der Waals surface area (Å²) in [6.07, 6.45) is 0. The van der Waals surface area contributed by atoms with Crippen molar-refractivity contribution in [3.05, 3.63) is 63.6 Å². The van der Waals surface area contributed by atoms with Crippen LogP contribution in [0.3, 0.4) is 0 Å². The van der Waals surface area contributed by atoms with E-state index in [0.29, 0.717) is 12.2 Å². The quantitative estimate of drug-likeness (QED) is 0.851. The Hall–Kier alpha value is -1.37. The molecule has 2 aromatic carbocycles. The fraction of sp³-hybridized carbons (Fsp3) is 0.200. The molecular formula is C15H17BrN2O2S. The summed E-state index contributed by atoms with van der Waals surface area (Å²) in [6, 6.07) is 12.7. The summed E-state index contributed by atoms with van der Waals surface area (Å²) in [6.45, 7) is 2.36. The van der Waals surface area contributed by atoms with E-state index >= 15 is 0 Å². The fourth-order valence-corrected chi connectivity index (χ4v) is 3.79. The SMILES string of the molecule is Cc1cc(Br)cc(NS(=O)(=O)Cc2ccc(CN)cc2)c1. The number of hydrogen-bond acceptors (Lipinski definition) is 3. The van der Waals surface area contributed by atoms with E-state index < -0.39 is 10.0 Å². The van der Waals surface area contributed by atoms with E-state index in [9.17, 15) is 8.42 Å². The maximum absolute atomic E-state index is 12.2. The van der Waals surface area contributed by atoms with Gasteiger partial charge in [0.05, 0.1) is 5.75 Å². The average molecular weight is 369 g/mol. The highest BCUT2D eigenvalue weighted by atomic mass is 79.9. The van der Waals surface area contributed by atoms with Gasteiger partial charge in [0, 0.05) is 16.7 Å². The smallest absolute Gasteiger partial charge is 0.236 e. The van der Waals surface area contributed by atoms with Gasteiger partial charge in [-0.05, 0) is 41.8 Å². The number of sulfonamides is 1. The van der Waals surface area contributed by atoms with Crippen molar-refractivity contribution in [2.45, 2.75) is 19.2 Å². The van der Waals surface area contributed by atoms with Crippen molar-refractivity contribution in [1.82, 2.24) is 0 Å². The number of aryl methyl sites for hydroxylation is 1. The molecule has 3 N–H and O–H groups in total. The Morgan fingerprint density at radius 3 is 2.29 bits per heavy atom. The van der Waals surface area contributed by atoms with Crippen LogP contribution in [0.2, 0.25) is 0 Å². The Morgan fingerprint density at radius 1 is 1.10 bits per heavy atom. The van der Waals surface area contributed by atoms with Crippen molar-refractivity contribution in [2.75, 3.05) is 4.72 Å². The average Bonchev–Trinajstić information content (AvgIpc) is 2.37. The van der Waals surface area contributed by atoms with Gasteiger partial charge in [-0.25, -0.2) is 8.42 Å². The fourth-order valence-electron chi connectivity index (χ4n) is 2.00. The van der Waals surface area contributed by atoms with E-state index in [1.165, 1.54) is 0 Å². The first-order valence-electron chi connectivity index (χ1n) is 6.43. The first-order chi connectivity index (χ1) is 9.88. The highest BCUT2D eigenvalue weighted by Crippen LogP contribution is 2.21. The van der Waals surface area contributed by atoms with Crippen LogP contribution in [-0.2, 0) is 22.3 Å². The molecule has 0 amide bonds. The maximum atomic E-state index is 12.2. The zero-order chi connectivity index (χ0) is 15.5. The van der Waals surface area contributed by atoms with Crippen molar-refractivity contribution in [1.29, 1.82) is 0 Å². The second-order valence-electron chi connectivity index (χ2n) is 4.90. The molecule has 112 valence electrons. The number of anilines is 1. The monoisotopic (exact) mass is 368 g/mol. The van der Waals surface area contributed by atoms with Crippen molar-refractivity contribution < 1.29 is 8.42 Å². The number of nitrogens with two attached hydrogens (primary N) is 1. The van der Waals surface area contributed by atoms with Crippen LogP contribution in [0.25, 0.3) is 0 Å². The molecule has 0 bridgehead atoms. The summed E-state index contributed by atoms with van der Waals surface area (Å²) in [5.41, 5.74) is 8.77. The second kappa shape index (κ2) is 6.60. The number of nitrogens with one attached hydrogen (secondary N) is 1. The van der Waals surface area contributed by atoms with Gasteiger partial charge in [0.1, 0.15) is 0 Å². The van der Waals surface area contributed by atoms with Crippen LogP contribution in [0, 0.1) is 6.92 Å². The van der Waals surface area contributed by atoms with E-state index in [-0.39, 0.29) is 5.75 Å². The summed E-state index contributed by atoms with van der Waals surface area (Å²) < 4.78 is 27.8. The maximum Gasteiger partial charge on any atom is 0.236 e. The first-order valence-corrected chi connectivity index (χ1v) is 8.88. The molecule has 0 aromatic heterocycles. The molecule has 0 heterocycles. The highest BCUT2D eigenvalue weighted by Gasteiger charge is 2.12. The normalized spacial score (nSPS) is 11.4. The minimum Gasteiger partial charge on any atom is -0.326 e. The lowest BCUT2D eigenvalue weighted by molar-refractivity contribution is 0.600. The first kappa shape index (κ1) is 16.0. The molecule has 0 unspecified atom stereocenters. The van der Waals surface area contributed by atoms with Gasteiger partial charge in [-0.15, -0.1) is 0 Å². The summed E-state index contributed by atoms with van der Waals surface area (Å²) >= 11 is 3.36. The lowest BCUT2D eigenvalue weighted by Crippen LogP contribution is -2.15. The van der Waals surface area contributed by atoms with E-state index in [0.717, 1.165) is 21.2 Å². The molecule has 21 heavy (non-hydrogen) atoms. The molecule has 0 saturated heterocycles. The highest BCUT2D eigenvalue weighted by molar-refractivity contribution is 9.10. The molecule has 4 nitrogen and oxygen atoms in total. The second-order valence-corrected chi connectivity index (χ2v) is 7.54. The van der Waals surface area contributed by atoms with Gasteiger partial charge < -0.3 is 5.73 Å². The molecule has 0 atom stereocenters. The topological polar surface area (TPSA) is 72.2 Å². The van der Waals surface area contributed by atoms with Crippen molar-refractivity contribution >= 4 is 31.6 Å². The van der Waals surface area contributed by atoms with Gasteiger partial charge in [-0.3, -0.25) is 4.72 Å². The van der Waals surface area contributed by atoms with Crippen molar-refractivity contribution in [2.24, 2.45) is 5.73 Å². The number of rotatable bonds is 5. The molecule has 2 aromatic rings. The molecule has 0 fully saturated rings. The Labute approximate surface area is 133 Å². The Morgan fingerprint density at radius 2 is 1.71 bits per heavy atom. The molecular weight excluding hydrogens is 352 g/mol. The number of benzene rings is 2. The molecule has 0 aliphatic heterocycles. The zero-order valence-electron chi connectivity index (χ0n) is 11.6. The Balaban J connectivity index is 2.14. The summed E-state index contributed by atoms with van der Waals surface area (Å²) in [4.78, 5) is 0. The van der Waals surface area contributed by atoms with Crippen LogP contribution < -0.4 is 10.5 Å². The van der Waals surface area contributed by atoms with E-state index in [1.54, 1.807) is 24.3 Å². The standard InChI is InChI=1S/C15H17BrN2O2S/c1-11-6-14(16)8-15(7-11)18-21(19,20)10-13-4-2-12(9-17)3-5-13/h2-8,18H,9-10,17H2,1H3. The third-order valence-electron chi connectivity index (χ3n) is 2.93. The zero-order valence-corrected chi connectivity index (χ0v) is 14.0. The molecule has 0 aliphatic rings. The third kappa shape index (κ3) is 4.84. The van der Waals surface area contributed by atoms with Gasteiger partial charge in [-0.1, -0.05) is 40.2 Å². The molecule has 0 radical (unpaired) electrons. The van der Waals surface area contributed by atoms with Crippen molar-refractivity contribution in [3.63, 3.8) is 0 Å². The predicted molar refractivity (Wildman–Crippen MR) is 89.5 cm³/mol. The third-order valence-corrected chi connectivity index (χ3v) is 4.65. The number of hydrogen-bond donors (Lipinski definition) is 2. The lowest BCUT2D eigenvalue weighted by atomic mass is 10.1. The van der Waals surface area contributed by atoms with Crippen LogP contribution in [0.5, 0.6) is 0 Å². The molecule has 0 aliphatic carbocycles. The van der Waals surface area contributed by atoms with Crippen LogP contribution in [-0.4, -0.2) is 8.42 Å². The summed E-state index contributed by atoms with van der Waals surface area (Å²) in [5, 5.41) is 0. The van der Waals surface area contributed by atoms with Crippen LogP contribution in [0.15, 0.2) is 46.9 Å². The lowest BCUT2D eigenvalue weighted by Gasteiger charge is -2.10. The van der Waals surface area contributed by atoms with Crippen LogP contribution in [0.4, 0.5) is 5.69 Å². The molecule has 0 spiro atoms. The number of halogens is 1. The largest absolute Gasteiger partial charge is 0.326 e. The Bertz CT molecular complexity index is 708. The Kier molecular flexibility index (Phi) is 5.03. The minimum atomic E-state index is -3.44. The van der Waals surface area contributed by atoms with Crippen molar-refractivity contribution in [3.8, 4) is 0 Å². The van der Waals surface area contributed by atoms with Gasteiger partial charge in [-0.2, -0.15) is 0 Å².